The van der Waals surface area contributed by atoms with Gasteiger partial charge >= 0.3 is 0 Å². The molecule has 0 saturated heterocycles. The standard InChI is InChI=1S/C18H15P.HOP/c1-4-10-16(11-5-1)19(17-12-6-2-7-13-17)18-14-8-3-9-15-18;1-2/h1-15H;2H. The molecule has 3 rings (SSSR count). The second kappa shape index (κ2) is 8.47. The van der Waals surface area contributed by atoms with Crippen molar-refractivity contribution in [3.63, 3.8) is 0 Å². The Balaban J connectivity index is 0.000000774. The Morgan fingerprint density at radius 2 is 0.714 bits per heavy atom. The molecule has 0 radical (unpaired) electrons. The third kappa shape index (κ3) is 4.08. The van der Waals surface area contributed by atoms with Crippen LogP contribution in [0.1, 0.15) is 0 Å². The molecule has 21 heavy (non-hydrogen) atoms. The van der Waals surface area contributed by atoms with Crippen molar-refractivity contribution in [2.24, 2.45) is 0 Å². The maximum absolute atomic E-state index is 8.06. The van der Waals surface area contributed by atoms with Crippen molar-refractivity contribution in [1.29, 1.82) is 0 Å². The smallest absolute Gasteiger partial charge is 0.138 e. The quantitative estimate of drug-likeness (QED) is 0.670. The molecule has 0 aromatic heterocycles. The van der Waals surface area contributed by atoms with E-state index in [0.29, 0.717) is 0 Å². The highest BCUT2D eigenvalue weighted by molar-refractivity contribution is 7.79. The highest BCUT2D eigenvalue weighted by Gasteiger charge is 2.14. The molecule has 0 unspecified atom stereocenters. The lowest BCUT2D eigenvalue weighted by atomic mass is 10.4. The first kappa shape index (κ1) is 15.6. The van der Waals surface area contributed by atoms with E-state index < -0.39 is 7.92 Å². The lowest BCUT2D eigenvalue weighted by Crippen LogP contribution is -2.20. The number of benzene rings is 3. The molecular weight excluding hydrogens is 294 g/mol. The van der Waals surface area contributed by atoms with E-state index in [4.69, 9.17) is 4.57 Å². The van der Waals surface area contributed by atoms with Crippen LogP contribution in [0.3, 0.4) is 0 Å². The van der Waals surface area contributed by atoms with Crippen LogP contribution in [-0.4, -0.2) is 0 Å². The molecule has 0 atom stereocenters. The Hall–Kier alpha value is -1.81. The monoisotopic (exact) mass is 310 g/mol. The fourth-order valence-electron chi connectivity index (χ4n) is 2.18. The zero-order chi connectivity index (χ0) is 14.9. The average Bonchev–Trinajstić information content (AvgIpc) is 2.60. The zero-order valence-electron chi connectivity index (χ0n) is 11.5. The molecule has 0 heterocycles. The lowest BCUT2D eigenvalue weighted by molar-refractivity contribution is 0.607. The van der Waals surface area contributed by atoms with Gasteiger partial charge in [-0.05, 0) is 23.8 Å². The fourth-order valence-corrected chi connectivity index (χ4v) is 4.48. The van der Waals surface area contributed by atoms with Crippen molar-refractivity contribution >= 4 is 33.0 Å². The largest absolute Gasteiger partial charge is 0.279 e. The van der Waals surface area contributed by atoms with Crippen LogP contribution < -0.4 is 15.9 Å². The third-order valence-corrected chi connectivity index (χ3v) is 5.49. The predicted molar refractivity (Wildman–Crippen MR) is 94.1 cm³/mol. The number of rotatable bonds is 3. The molecule has 0 fully saturated rings. The normalized spacial score (nSPS) is 9.76. The summed E-state index contributed by atoms with van der Waals surface area (Å²) in [6.07, 6.45) is 0. The van der Waals surface area contributed by atoms with Crippen molar-refractivity contribution in [2.45, 2.75) is 0 Å². The Kier molecular flexibility index (Phi) is 6.28. The molecule has 0 spiro atoms. The van der Waals surface area contributed by atoms with Crippen LogP contribution in [0, 0.1) is 0 Å². The summed E-state index contributed by atoms with van der Waals surface area (Å²) in [6, 6.07) is 32.3. The van der Waals surface area contributed by atoms with Crippen molar-refractivity contribution in [1.82, 2.24) is 0 Å². The zero-order valence-corrected chi connectivity index (χ0v) is 13.4. The summed E-state index contributed by atoms with van der Waals surface area (Å²) in [5.74, 6) is 0. The van der Waals surface area contributed by atoms with Gasteiger partial charge < -0.3 is 0 Å². The first-order valence-corrected chi connectivity index (χ1v) is 8.36. The highest BCUT2D eigenvalue weighted by atomic mass is 31.1. The van der Waals surface area contributed by atoms with Gasteiger partial charge in [0.05, 0.1) is 0 Å². The first-order chi connectivity index (χ1) is 10.4. The van der Waals surface area contributed by atoms with Crippen molar-refractivity contribution in [3.8, 4) is 0 Å². The topological polar surface area (TPSA) is 17.1 Å². The van der Waals surface area contributed by atoms with Crippen molar-refractivity contribution in [2.75, 3.05) is 0 Å². The van der Waals surface area contributed by atoms with Gasteiger partial charge in [0.25, 0.3) is 0 Å². The third-order valence-electron chi connectivity index (χ3n) is 3.04. The molecule has 0 N–H and O–H groups in total. The second-order valence-corrected chi connectivity index (χ2v) is 6.56. The van der Waals surface area contributed by atoms with Gasteiger partial charge in [-0.3, -0.25) is 4.57 Å². The van der Waals surface area contributed by atoms with Crippen LogP contribution in [0.2, 0.25) is 0 Å². The Morgan fingerprint density at radius 3 is 0.952 bits per heavy atom. The maximum Gasteiger partial charge on any atom is 0.138 e. The summed E-state index contributed by atoms with van der Waals surface area (Å²) < 4.78 is 8.06. The number of hydrogen-bond acceptors (Lipinski definition) is 1. The van der Waals surface area contributed by atoms with Gasteiger partial charge in [-0.2, -0.15) is 0 Å². The van der Waals surface area contributed by atoms with Crippen LogP contribution in [0.25, 0.3) is 0 Å². The molecule has 3 heteroatoms. The second-order valence-electron chi connectivity index (χ2n) is 4.34. The Bertz CT molecular complexity index is 548. The molecule has 0 aliphatic rings. The Morgan fingerprint density at radius 1 is 0.476 bits per heavy atom. The minimum absolute atomic E-state index is 0.446. The molecule has 1 nitrogen and oxygen atoms in total. The summed E-state index contributed by atoms with van der Waals surface area (Å²) in [5, 5.41) is 4.19. The highest BCUT2D eigenvalue weighted by Crippen LogP contribution is 2.32. The fraction of sp³-hybridized carbons (Fsp3) is 0. The molecule has 0 amide bonds. The SMILES string of the molecule is O=P.c1ccc(P(c2ccccc2)c2ccccc2)cc1. The Labute approximate surface area is 129 Å². The van der Waals surface area contributed by atoms with E-state index in [0.717, 1.165) is 0 Å². The molecule has 104 valence electrons. The molecule has 0 saturated carbocycles. The van der Waals surface area contributed by atoms with E-state index in [1.165, 1.54) is 15.9 Å². The minimum Gasteiger partial charge on any atom is -0.279 e. The van der Waals surface area contributed by atoms with Gasteiger partial charge in [-0.25, -0.2) is 0 Å². The van der Waals surface area contributed by atoms with Crippen molar-refractivity contribution in [3.05, 3.63) is 91.0 Å². The summed E-state index contributed by atoms with van der Waals surface area (Å²) in [7, 11) is 1.28. The summed E-state index contributed by atoms with van der Waals surface area (Å²) >= 11 is 0. The molecular formula is C18H16OP2. The van der Waals surface area contributed by atoms with E-state index in [-0.39, 0.29) is 0 Å². The molecule has 0 bridgehead atoms. The van der Waals surface area contributed by atoms with Crippen LogP contribution in [0.4, 0.5) is 0 Å². The van der Waals surface area contributed by atoms with E-state index in [9.17, 15) is 0 Å². The lowest BCUT2D eigenvalue weighted by Gasteiger charge is -2.18. The van der Waals surface area contributed by atoms with Crippen molar-refractivity contribution < 1.29 is 4.57 Å². The summed E-state index contributed by atoms with van der Waals surface area (Å²) in [6.45, 7) is 0. The van der Waals surface area contributed by atoms with E-state index in [1.54, 1.807) is 9.12 Å². The molecule has 0 aliphatic carbocycles. The van der Waals surface area contributed by atoms with Gasteiger partial charge in [0.1, 0.15) is 9.12 Å². The van der Waals surface area contributed by atoms with Crippen LogP contribution in [0.15, 0.2) is 91.0 Å². The molecule has 3 aromatic rings. The van der Waals surface area contributed by atoms with E-state index >= 15 is 0 Å². The van der Waals surface area contributed by atoms with Crippen LogP contribution >= 0.6 is 17.0 Å². The van der Waals surface area contributed by atoms with Gasteiger partial charge in [0, 0.05) is 0 Å². The average molecular weight is 310 g/mol. The predicted octanol–water partition coefficient (Wildman–Crippen LogP) is 3.92. The maximum atomic E-state index is 8.06. The van der Waals surface area contributed by atoms with Gasteiger partial charge in [0.2, 0.25) is 0 Å². The molecule has 0 aliphatic heterocycles. The van der Waals surface area contributed by atoms with Gasteiger partial charge in [0.15, 0.2) is 0 Å². The molecule has 3 aromatic carbocycles. The van der Waals surface area contributed by atoms with Gasteiger partial charge in [-0.1, -0.05) is 91.0 Å². The summed E-state index contributed by atoms with van der Waals surface area (Å²) in [5.41, 5.74) is 0. The van der Waals surface area contributed by atoms with E-state index in [2.05, 4.69) is 91.0 Å². The summed E-state index contributed by atoms with van der Waals surface area (Å²) in [4.78, 5) is 0. The first-order valence-electron chi connectivity index (χ1n) is 6.61. The number of hydrogen-bond donors (Lipinski definition) is 0. The van der Waals surface area contributed by atoms with Crippen LogP contribution in [0.5, 0.6) is 0 Å². The van der Waals surface area contributed by atoms with Gasteiger partial charge in [-0.15, -0.1) is 0 Å². The van der Waals surface area contributed by atoms with Crippen LogP contribution in [-0.2, 0) is 4.57 Å². The van der Waals surface area contributed by atoms with E-state index in [1.807, 2.05) is 0 Å². The minimum atomic E-state index is -0.446.